The summed E-state index contributed by atoms with van der Waals surface area (Å²) in [6, 6.07) is 7.07. The van der Waals surface area contributed by atoms with E-state index in [1.165, 1.54) is 0 Å². The van der Waals surface area contributed by atoms with E-state index in [-0.39, 0.29) is 5.91 Å². The molecule has 1 amide bonds. The second-order valence-electron chi connectivity index (χ2n) is 6.98. The molecule has 1 aromatic carbocycles. The number of carbonyl (C=O) groups is 2. The van der Waals surface area contributed by atoms with E-state index < -0.39 is 5.97 Å². The third-order valence-corrected chi connectivity index (χ3v) is 5.17. The molecule has 0 unspecified atom stereocenters. The van der Waals surface area contributed by atoms with E-state index >= 15 is 0 Å². The van der Waals surface area contributed by atoms with Crippen LogP contribution in [0.1, 0.15) is 51.0 Å². The van der Waals surface area contributed by atoms with Crippen LogP contribution in [-0.2, 0) is 13.0 Å². The minimum absolute atomic E-state index is 0.0569. The molecule has 0 aliphatic carbocycles. The van der Waals surface area contributed by atoms with Gasteiger partial charge in [-0.1, -0.05) is 12.1 Å². The van der Waals surface area contributed by atoms with Crippen molar-refractivity contribution in [1.29, 1.82) is 0 Å². The SMILES string of the molecule is CCn1nc(C)c(C(=O)N2CC[C@H](Cc3cccc(C(=O)O)c3)C2)c1C. The van der Waals surface area contributed by atoms with Crippen LogP contribution in [0.3, 0.4) is 0 Å². The molecule has 1 atom stereocenters. The van der Waals surface area contributed by atoms with Crippen molar-refractivity contribution in [2.24, 2.45) is 5.92 Å². The van der Waals surface area contributed by atoms with Gasteiger partial charge in [0.1, 0.15) is 0 Å². The Balaban J connectivity index is 1.69. The van der Waals surface area contributed by atoms with Crippen molar-refractivity contribution in [3.8, 4) is 0 Å². The highest BCUT2D eigenvalue weighted by Gasteiger charge is 2.30. The number of carboxylic acids is 1. The average molecular weight is 355 g/mol. The molecular formula is C20H25N3O3. The lowest BCUT2D eigenvalue weighted by Gasteiger charge is -2.17. The molecule has 1 aliphatic heterocycles. The number of rotatable bonds is 5. The molecule has 26 heavy (non-hydrogen) atoms. The number of benzene rings is 1. The van der Waals surface area contributed by atoms with E-state index in [1.807, 2.05) is 36.4 Å². The fraction of sp³-hybridized carbons (Fsp3) is 0.450. The van der Waals surface area contributed by atoms with Crippen molar-refractivity contribution >= 4 is 11.9 Å². The van der Waals surface area contributed by atoms with E-state index in [1.54, 1.807) is 18.2 Å². The molecule has 0 saturated carbocycles. The predicted octanol–water partition coefficient (Wildman–Crippen LogP) is 2.92. The molecular weight excluding hydrogens is 330 g/mol. The van der Waals surface area contributed by atoms with Crippen molar-refractivity contribution in [3.05, 3.63) is 52.3 Å². The van der Waals surface area contributed by atoms with Crippen LogP contribution < -0.4 is 0 Å². The van der Waals surface area contributed by atoms with Gasteiger partial charge in [-0.2, -0.15) is 5.10 Å². The summed E-state index contributed by atoms with van der Waals surface area (Å²) in [6.45, 7) is 8.04. The molecule has 2 heterocycles. The third-order valence-electron chi connectivity index (χ3n) is 5.17. The highest BCUT2D eigenvalue weighted by molar-refractivity contribution is 5.96. The van der Waals surface area contributed by atoms with Crippen LogP contribution in [0, 0.1) is 19.8 Å². The Morgan fingerprint density at radius 1 is 1.31 bits per heavy atom. The molecule has 0 radical (unpaired) electrons. The highest BCUT2D eigenvalue weighted by atomic mass is 16.4. The van der Waals surface area contributed by atoms with Crippen molar-refractivity contribution < 1.29 is 14.7 Å². The summed E-state index contributed by atoms with van der Waals surface area (Å²) in [7, 11) is 0. The number of carbonyl (C=O) groups excluding carboxylic acids is 1. The molecule has 6 heteroatoms. The smallest absolute Gasteiger partial charge is 0.335 e. The number of carboxylic acid groups (broad SMARTS) is 1. The lowest BCUT2D eigenvalue weighted by atomic mass is 9.97. The number of aromatic nitrogens is 2. The second-order valence-corrected chi connectivity index (χ2v) is 6.98. The fourth-order valence-electron chi connectivity index (χ4n) is 3.82. The maximum Gasteiger partial charge on any atom is 0.335 e. The summed E-state index contributed by atoms with van der Waals surface area (Å²) in [5.74, 6) is -0.500. The largest absolute Gasteiger partial charge is 0.478 e. The molecule has 0 spiro atoms. The standard InChI is InChI=1S/C20H25N3O3/c1-4-23-14(3)18(13(2)21-23)19(24)22-9-8-16(12-22)10-15-6-5-7-17(11-15)20(25)26/h5-7,11,16H,4,8-10,12H2,1-3H3,(H,25,26)/t16-/m1/s1. The summed E-state index contributed by atoms with van der Waals surface area (Å²) in [6.07, 6.45) is 1.72. The highest BCUT2D eigenvalue weighted by Crippen LogP contribution is 2.25. The van der Waals surface area contributed by atoms with Crippen LogP contribution in [0.2, 0.25) is 0 Å². The van der Waals surface area contributed by atoms with Crippen LogP contribution in [0.5, 0.6) is 0 Å². The molecule has 1 N–H and O–H groups in total. The zero-order valence-corrected chi connectivity index (χ0v) is 15.5. The summed E-state index contributed by atoms with van der Waals surface area (Å²) in [4.78, 5) is 26.0. The first-order valence-corrected chi connectivity index (χ1v) is 9.06. The Morgan fingerprint density at radius 3 is 2.73 bits per heavy atom. The van der Waals surface area contributed by atoms with Crippen molar-refractivity contribution in [2.45, 2.75) is 40.2 Å². The zero-order valence-electron chi connectivity index (χ0n) is 15.5. The molecule has 1 aliphatic rings. The van der Waals surface area contributed by atoms with Crippen LogP contribution >= 0.6 is 0 Å². The molecule has 1 fully saturated rings. The predicted molar refractivity (Wildman–Crippen MR) is 98.5 cm³/mol. The molecule has 1 aromatic heterocycles. The van der Waals surface area contributed by atoms with Crippen LogP contribution in [-0.4, -0.2) is 44.8 Å². The van der Waals surface area contributed by atoms with Gasteiger partial charge < -0.3 is 10.0 Å². The number of nitrogens with zero attached hydrogens (tertiary/aromatic N) is 3. The van der Waals surface area contributed by atoms with E-state index in [2.05, 4.69) is 5.10 Å². The molecule has 2 aromatic rings. The zero-order chi connectivity index (χ0) is 18.8. The molecule has 138 valence electrons. The van der Waals surface area contributed by atoms with Gasteiger partial charge in [-0.3, -0.25) is 9.48 Å². The Morgan fingerprint density at radius 2 is 2.08 bits per heavy atom. The lowest BCUT2D eigenvalue weighted by molar-refractivity contribution is 0.0696. The first-order chi connectivity index (χ1) is 12.4. The number of aryl methyl sites for hydroxylation is 2. The maximum atomic E-state index is 13.0. The van der Waals surface area contributed by atoms with Gasteiger partial charge in [0, 0.05) is 25.3 Å². The minimum atomic E-state index is -0.908. The molecule has 3 rings (SSSR count). The van der Waals surface area contributed by atoms with E-state index in [0.29, 0.717) is 18.0 Å². The van der Waals surface area contributed by atoms with Crippen molar-refractivity contribution in [3.63, 3.8) is 0 Å². The Bertz CT molecular complexity index is 841. The van der Waals surface area contributed by atoms with E-state index in [4.69, 9.17) is 5.11 Å². The molecule has 6 nitrogen and oxygen atoms in total. The Labute approximate surface area is 153 Å². The normalized spacial score (nSPS) is 16.9. The lowest BCUT2D eigenvalue weighted by Crippen LogP contribution is -2.29. The average Bonchev–Trinajstić information content (AvgIpc) is 3.19. The van der Waals surface area contributed by atoms with Crippen LogP contribution in [0.4, 0.5) is 0 Å². The van der Waals surface area contributed by atoms with Gasteiger partial charge in [0.15, 0.2) is 0 Å². The summed E-state index contributed by atoms with van der Waals surface area (Å²) in [5.41, 5.74) is 3.75. The summed E-state index contributed by atoms with van der Waals surface area (Å²) < 4.78 is 1.87. The van der Waals surface area contributed by atoms with Crippen molar-refractivity contribution in [2.75, 3.05) is 13.1 Å². The van der Waals surface area contributed by atoms with Gasteiger partial charge in [-0.05, 0) is 57.2 Å². The van der Waals surface area contributed by atoms with E-state index in [9.17, 15) is 9.59 Å². The molecule has 1 saturated heterocycles. The van der Waals surface area contributed by atoms with Gasteiger partial charge in [0.05, 0.1) is 16.8 Å². The summed E-state index contributed by atoms with van der Waals surface area (Å²) >= 11 is 0. The van der Waals surface area contributed by atoms with Gasteiger partial charge in [-0.25, -0.2) is 4.79 Å². The quantitative estimate of drug-likeness (QED) is 0.895. The van der Waals surface area contributed by atoms with Crippen LogP contribution in [0.25, 0.3) is 0 Å². The van der Waals surface area contributed by atoms with Gasteiger partial charge in [-0.15, -0.1) is 0 Å². The number of hydrogen-bond acceptors (Lipinski definition) is 3. The number of hydrogen-bond donors (Lipinski definition) is 1. The first-order valence-electron chi connectivity index (χ1n) is 9.06. The van der Waals surface area contributed by atoms with Crippen molar-refractivity contribution in [1.82, 2.24) is 14.7 Å². The number of aromatic carboxylic acids is 1. The summed E-state index contributed by atoms with van der Waals surface area (Å²) in [5, 5.41) is 13.6. The topological polar surface area (TPSA) is 75.4 Å². The van der Waals surface area contributed by atoms with Gasteiger partial charge >= 0.3 is 5.97 Å². The van der Waals surface area contributed by atoms with Gasteiger partial charge in [0.25, 0.3) is 5.91 Å². The third kappa shape index (κ3) is 3.49. The monoisotopic (exact) mass is 355 g/mol. The van der Waals surface area contributed by atoms with E-state index in [0.717, 1.165) is 48.4 Å². The number of likely N-dealkylation sites (tertiary alicyclic amines) is 1. The Hall–Kier alpha value is -2.63. The number of amides is 1. The molecule has 0 bridgehead atoms. The second kappa shape index (κ2) is 7.32. The fourth-order valence-corrected chi connectivity index (χ4v) is 3.82. The first kappa shape index (κ1) is 18.2. The maximum absolute atomic E-state index is 13.0. The Kier molecular flexibility index (Phi) is 5.11. The minimum Gasteiger partial charge on any atom is -0.478 e. The van der Waals surface area contributed by atoms with Crippen LogP contribution in [0.15, 0.2) is 24.3 Å². The van der Waals surface area contributed by atoms with Gasteiger partial charge in [0.2, 0.25) is 0 Å².